The highest BCUT2D eigenvalue weighted by molar-refractivity contribution is 5.72. The van der Waals surface area contributed by atoms with E-state index in [9.17, 15) is 0 Å². The molecular weight excluding hydrogens is 344 g/mol. The summed E-state index contributed by atoms with van der Waals surface area (Å²) in [5, 5.41) is 0. The molecule has 0 heterocycles. The SMILES string of the molecule is CCOC(OCC)c1ccc(/C=C/c2cc(OC)c(OC)c(OC)c2)cc1. The lowest BCUT2D eigenvalue weighted by Crippen LogP contribution is -2.08. The molecule has 0 atom stereocenters. The second kappa shape index (κ2) is 10.6. The van der Waals surface area contributed by atoms with E-state index in [0.717, 1.165) is 16.7 Å². The third-order valence-electron chi connectivity index (χ3n) is 4.00. The fraction of sp³-hybridized carbons (Fsp3) is 0.364. The molecule has 2 aromatic carbocycles. The van der Waals surface area contributed by atoms with Crippen LogP contribution in [0.5, 0.6) is 17.2 Å². The van der Waals surface area contributed by atoms with Gasteiger partial charge in [-0.1, -0.05) is 36.4 Å². The van der Waals surface area contributed by atoms with Crippen molar-refractivity contribution >= 4 is 12.2 Å². The van der Waals surface area contributed by atoms with Gasteiger partial charge >= 0.3 is 0 Å². The lowest BCUT2D eigenvalue weighted by atomic mass is 10.1. The molecule has 0 saturated carbocycles. The molecular formula is C22H28O5. The van der Waals surface area contributed by atoms with Gasteiger partial charge in [0.05, 0.1) is 21.3 Å². The van der Waals surface area contributed by atoms with E-state index in [0.29, 0.717) is 30.5 Å². The summed E-state index contributed by atoms with van der Waals surface area (Å²) in [5.74, 6) is 1.84. The second-order valence-electron chi connectivity index (χ2n) is 5.70. The van der Waals surface area contributed by atoms with Crippen molar-refractivity contribution in [2.45, 2.75) is 20.1 Å². The van der Waals surface area contributed by atoms with Gasteiger partial charge in [-0.05, 0) is 37.1 Å². The maximum absolute atomic E-state index is 5.63. The predicted molar refractivity (Wildman–Crippen MR) is 107 cm³/mol. The Morgan fingerprint density at radius 2 is 1.26 bits per heavy atom. The summed E-state index contributed by atoms with van der Waals surface area (Å²) in [7, 11) is 4.81. The minimum atomic E-state index is -0.326. The van der Waals surface area contributed by atoms with E-state index in [-0.39, 0.29) is 6.29 Å². The van der Waals surface area contributed by atoms with Gasteiger partial charge in [0.2, 0.25) is 5.75 Å². The number of hydrogen-bond donors (Lipinski definition) is 0. The highest BCUT2D eigenvalue weighted by Gasteiger charge is 2.12. The molecule has 0 spiro atoms. The third kappa shape index (κ3) is 5.49. The normalized spacial score (nSPS) is 11.2. The summed E-state index contributed by atoms with van der Waals surface area (Å²) in [6.45, 7) is 5.13. The summed E-state index contributed by atoms with van der Waals surface area (Å²) < 4.78 is 27.4. The van der Waals surface area contributed by atoms with Crippen LogP contribution in [-0.2, 0) is 9.47 Å². The van der Waals surface area contributed by atoms with Gasteiger partial charge in [0.15, 0.2) is 17.8 Å². The van der Waals surface area contributed by atoms with Crippen LogP contribution in [0.4, 0.5) is 0 Å². The molecule has 0 saturated heterocycles. The Balaban J connectivity index is 2.20. The molecule has 0 aliphatic rings. The summed E-state index contributed by atoms with van der Waals surface area (Å²) in [4.78, 5) is 0. The van der Waals surface area contributed by atoms with E-state index in [4.69, 9.17) is 23.7 Å². The summed E-state index contributed by atoms with van der Waals surface area (Å²) >= 11 is 0. The van der Waals surface area contributed by atoms with Crippen LogP contribution in [0.25, 0.3) is 12.2 Å². The molecule has 0 fully saturated rings. The zero-order valence-corrected chi connectivity index (χ0v) is 16.7. The molecule has 0 bridgehead atoms. The number of rotatable bonds is 10. The van der Waals surface area contributed by atoms with E-state index in [1.54, 1.807) is 21.3 Å². The van der Waals surface area contributed by atoms with Gasteiger partial charge in [-0.15, -0.1) is 0 Å². The van der Waals surface area contributed by atoms with Gasteiger partial charge < -0.3 is 23.7 Å². The first-order chi connectivity index (χ1) is 13.2. The van der Waals surface area contributed by atoms with Crippen molar-refractivity contribution in [3.8, 4) is 17.2 Å². The smallest absolute Gasteiger partial charge is 0.203 e. The molecule has 146 valence electrons. The van der Waals surface area contributed by atoms with Crippen LogP contribution in [0.3, 0.4) is 0 Å². The molecule has 5 heteroatoms. The van der Waals surface area contributed by atoms with Crippen molar-refractivity contribution in [1.82, 2.24) is 0 Å². The first-order valence-corrected chi connectivity index (χ1v) is 8.98. The Morgan fingerprint density at radius 1 is 0.741 bits per heavy atom. The topological polar surface area (TPSA) is 46.2 Å². The molecule has 0 amide bonds. The molecule has 2 aromatic rings. The standard InChI is InChI=1S/C22H28O5/c1-6-26-22(27-7-2)18-12-10-16(11-13-18)8-9-17-14-19(23-3)21(25-5)20(15-17)24-4/h8-15,22H,6-7H2,1-5H3/b9-8+. The van der Waals surface area contributed by atoms with Gasteiger partial charge in [-0.25, -0.2) is 0 Å². The average molecular weight is 372 g/mol. The minimum absolute atomic E-state index is 0.326. The first kappa shape index (κ1) is 20.8. The Kier molecular flexibility index (Phi) is 8.17. The van der Waals surface area contributed by atoms with Crippen molar-refractivity contribution in [3.05, 3.63) is 53.1 Å². The molecule has 5 nitrogen and oxygen atoms in total. The van der Waals surface area contributed by atoms with Gasteiger partial charge in [-0.2, -0.15) is 0 Å². The van der Waals surface area contributed by atoms with E-state index >= 15 is 0 Å². The van der Waals surface area contributed by atoms with E-state index < -0.39 is 0 Å². The molecule has 2 rings (SSSR count). The summed E-state index contributed by atoms with van der Waals surface area (Å²) in [5.41, 5.74) is 3.03. The van der Waals surface area contributed by atoms with Crippen LogP contribution in [-0.4, -0.2) is 34.5 Å². The summed E-state index contributed by atoms with van der Waals surface area (Å²) in [6.07, 6.45) is 3.70. The lowest BCUT2D eigenvalue weighted by Gasteiger charge is -2.17. The largest absolute Gasteiger partial charge is 0.493 e. The fourth-order valence-electron chi connectivity index (χ4n) is 2.70. The number of ether oxygens (including phenoxy) is 5. The van der Waals surface area contributed by atoms with Crippen molar-refractivity contribution in [2.24, 2.45) is 0 Å². The van der Waals surface area contributed by atoms with Crippen LogP contribution in [0.2, 0.25) is 0 Å². The highest BCUT2D eigenvalue weighted by atomic mass is 16.7. The van der Waals surface area contributed by atoms with E-state index in [1.807, 2.05) is 62.4 Å². The van der Waals surface area contributed by atoms with Gasteiger partial charge in [0, 0.05) is 18.8 Å². The Hall–Kier alpha value is -2.50. The van der Waals surface area contributed by atoms with Crippen LogP contribution in [0, 0.1) is 0 Å². The fourth-order valence-corrected chi connectivity index (χ4v) is 2.70. The molecule has 0 radical (unpaired) electrons. The van der Waals surface area contributed by atoms with Crippen molar-refractivity contribution < 1.29 is 23.7 Å². The maximum Gasteiger partial charge on any atom is 0.203 e. The van der Waals surface area contributed by atoms with Crippen LogP contribution in [0.15, 0.2) is 36.4 Å². The zero-order valence-electron chi connectivity index (χ0n) is 16.7. The van der Waals surface area contributed by atoms with E-state index in [1.165, 1.54) is 0 Å². The molecule has 0 aliphatic carbocycles. The van der Waals surface area contributed by atoms with Crippen LogP contribution >= 0.6 is 0 Å². The van der Waals surface area contributed by atoms with Crippen LogP contribution in [0.1, 0.15) is 36.8 Å². The van der Waals surface area contributed by atoms with Crippen molar-refractivity contribution in [3.63, 3.8) is 0 Å². The molecule has 0 aliphatic heterocycles. The first-order valence-electron chi connectivity index (χ1n) is 8.98. The number of hydrogen-bond acceptors (Lipinski definition) is 5. The van der Waals surface area contributed by atoms with Crippen molar-refractivity contribution in [2.75, 3.05) is 34.5 Å². The van der Waals surface area contributed by atoms with Gasteiger partial charge in [0.25, 0.3) is 0 Å². The molecule has 0 unspecified atom stereocenters. The highest BCUT2D eigenvalue weighted by Crippen LogP contribution is 2.38. The molecule has 0 aromatic heterocycles. The number of benzene rings is 2. The van der Waals surface area contributed by atoms with Crippen LogP contribution < -0.4 is 14.2 Å². The monoisotopic (exact) mass is 372 g/mol. The second-order valence-corrected chi connectivity index (χ2v) is 5.70. The maximum atomic E-state index is 5.63. The predicted octanol–water partition coefficient (Wildman–Crippen LogP) is 4.95. The Bertz CT molecular complexity index is 706. The summed E-state index contributed by atoms with van der Waals surface area (Å²) in [6, 6.07) is 11.9. The zero-order chi connectivity index (χ0) is 19.6. The third-order valence-corrected chi connectivity index (χ3v) is 4.00. The number of methoxy groups -OCH3 is 3. The molecule has 27 heavy (non-hydrogen) atoms. The minimum Gasteiger partial charge on any atom is -0.493 e. The Morgan fingerprint density at radius 3 is 1.70 bits per heavy atom. The van der Waals surface area contributed by atoms with Crippen molar-refractivity contribution in [1.29, 1.82) is 0 Å². The van der Waals surface area contributed by atoms with Gasteiger partial charge in [0.1, 0.15) is 0 Å². The molecule has 0 N–H and O–H groups in total. The van der Waals surface area contributed by atoms with Gasteiger partial charge in [-0.3, -0.25) is 0 Å². The lowest BCUT2D eigenvalue weighted by molar-refractivity contribution is -0.140. The van der Waals surface area contributed by atoms with E-state index in [2.05, 4.69) is 0 Å². The average Bonchev–Trinajstić information content (AvgIpc) is 2.71. The Labute approximate surface area is 161 Å². The quantitative estimate of drug-likeness (QED) is 0.436.